The van der Waals surface area contributed by atoms with Crippen molar-refractivity contribution >= 4 is 46.7 Å². The van der Waals surface area contributed by atoms with E-state index in [2.05, 4.69) is 24.3 Å². The highest BCUT2D eigenvalue weighted by Gasteiger charge is 2.49. The summed E-state index contributed by atoms with van der Waals surface area (Å²) in [5.74, 6) is 1.99. The van der Waals surface area contributed by atoms with E-state index in [0.29, 0.717) is 11.2 Å². The van der Waals surface area contributed by atoms with Crippen molar-refractivity contribution < 1.29 is 9.53 Å². The molecule has 2 aromatic carbocycles. The highest BCUT2D eigenvalue weighted by atomic mass is 35.5. The highest BCUT2D eigenvalue weighted by Crippen LogP contribution is 2.58. The third-order valence-corrected chi connectivity index (χ3v) is 8.46. The molecule has 0 amide bonds. The van der Waals surface area contributed by atoms with Crippen LogP contribution in [0.4, 0.5) is 0 Å². The standard InChI is InChI=1S/C23H23ClO2S2/c1-2-26-22(25)20-18(15-7-4-3-5-8-15)19(16-9-11-17(24)12-10-16)21(20)23-27-13-6-14-28-23/h3-5,7-12,18,20,23H,2,6,13-14H2,1H3/t18-,20+/m1/s1. The van der Waals surface area contributed by atoms with Crippen molar-refractivity contribution in [1.29, 1.82) is 0 Å². The Labute approximate surface area is 180 Å². The molecule has 1 aliphatic carbocycles. The van der Waals surface area contributed by atoms with Gasteiger partial charge in [-0.05, 0) is 59.3 Å². The summed E-state index contributed by atoms with van der Waals surface area (Å²) in [6.07, 6.45) is 1.22. The molecule has 2 aliphatic rings. The van der Waals surface area contributed by atoms with Gasteiger partial charge in [0.05, 0.1) is 17.1 Å². The number of hydrogen-bond donors (Lipinski definition) is 0. The molecular weight excluding hydrogens is 408 g/mol. The molecule has 0 saturated carbocycles. The largest absolute Gasteiger partial charge is 0.466 e. The Morgan fingerprint density at radius 3 is 2.39 bits per heavy atom. The Kier molecular flexibility index (Phi) is 6.39. The SMILES string of the molecule is CCOC(=O)[C@@H]1C(C2SCCCS2)=C(c2ccc(Cl)cc2)[C@H]1c1ccccc1. The third kappa shape index (κ3) is 3.87. The van der Waals surface area contributed by atoms with Crippen molar-refractivity contribution in [3.63, 3.8) is 0 Å². The summed E-state index contributed by atoms with van der Waals surface area (Å²) in [4.78, 5) is 13.0. The van der Waals surface area contributed by atoms with E-state index in [1.54, 1.807) is 0 Å². The van der Waals surface area contributed by atoms with Crippen LogP contribution in [0.25, 0.3) is 5.57 Å². The quantitative estimate of drug-likeness (QED) is 0.522. The molecule has 5 heteroatoms. The number of ether oxygens (including phenoxy) is 1. The minimum atomic E-state index is -0.212. The first-order valence-electron chi connectivity index (χ1n) is 9.65. The van der Waals surface area contributed by atoms with Gasteiger partial charge in [0.15, 0.2) is 0 Å². The van der Waals surface area contributed by atoms with Crippen LogP contribution in [-0.4, -0.2) is 28.7 Å². The number of rotatable bonds is 5. The van der Waals surface area contributed by atoms with E-state index in [1.165, 1.54) is 23.1 Å². The van der Waals surface area contributed by atoms with Gasteiger partial charge in [-0.2, -0.15) is 0 Å². The predicted molar refractivity (Wildman–Crippen MR) is 121 cm³/mol. The molecule has 1 fully saturated rings. The summed E-state index contributed by atoms with van der Waals surface area (Å²) in [5.41, 5.74) is 4.83. The van der Waals surface area contributed by atoms with Crippen molar-refractivity contribution in [3.8, 4) is 0 Å². The first kappa shape index (κ1) is 19.9. The first-order valence-corrected chi connectivity index (χ1v) is 12.1. The molecular formula is C23H23ClO2S2. The van der Waals surface area contributed by atoms with Crippen LogP contribution in [0.5, 0.6) is 0 Å². The average molecular weight is 431 g/mol. The second kappa shape index (κ2) is 8.98. The lowest BCUT2D eigenvalue weighted by atomic mass is 9.63. The minimum Gasteiger partial charge on any atom is -0.466 e. The molecule has 1 saturated heterocycles. The van der Waals surface area contributed by atoms with Crippen molar-refractivity contribution in [2.24, 2.45) is 5.92 Å². The molecule has 28 heavy (non-hydrogen) atoms. The lowest BCUT2D eigenvalue weighted by Gasteiger charge is -2.45. The Bertz CT molecular complexity index is 858. The van der Waals surface area contributed by atoms with Gasteiger partial charge in [-0.25, -0.2) is 0 Å². The van der Waals surface area contributed by atoms with E-state index in [4.69, 9.17) is 16.3 Å². The van der Waals surface area contributed by atoms with Gasteiger partial charge in [0, 0.05) is 10.9 Å². The second-order valence-electron chi connectivity index (χ2n) is 6.92. The maximum Gasteiger partial charge on any atom is 0.314 e. The lowest BCUT2D eigenvalue weighted by molar-refractivity contribution is -0.147. The van der Waals surface area contributed by atoms with E-state index in [9.17, 15) is 4.79 Å². The zero-order valence-electron chi connectivity index (χ0n) is 15.8. The van der Waals surface area contributed by atoms with E-state index >= 15 is 0 Å². The molecule has 0 aromatic heterocycles. The molecule has 0 radical (unpaired) electrons. The van der Waals surface area contributed by atoms with E-state index in [-0.39, 0.29) is 17.8 Å². The highest BCUT2D eigenvalue weighted by molar-refractivity contribution is 8.17. The molecule has 2 aromatic rings. The number of thioether (sulfide) groups is 2. The number of carbonyl (C=O) groups is 1. The van der Waals surface area contributed by atoms with Crippen LogP contribution < -0.4 is 0 Å². The number of carbonyl (C=O) groups excluding carboxylic acids is 1. The van der Waals surface area contributed by atoms with Crippen molar-refractivity contribution in [3.05, 3.63) is 76.3 Å². The van der Waals surface area contributed by atoms with Gasteiger partial charge in [0.25, 0.3) is 0 Å². The first-order chi connectivity index (χ1) is 13.7. The van der Waals surface area contributed by atoms with Crippen molar-refractivity contribution in [1.82, 2.24) is 0 Å². The van der Waals surface area contributed by atoms with Crippen LogP contribution in [0, 0.1) is 5.92 Å². The molecule has 4 rings (SSSR count). The van der Waals surface area contributed by atoms with Crippen LogP contribution >= 0.6 is 35.1 Å². The monoisotopic (exact) mass is 430 g/mol. The Balaban J connectivity index is 1.84. The van der Waals surface area contributed by atoms with Crippen LogP contribution in [0.1, 0.15) is 30.4 Å². The molecule has 2 atom stereocenters. The number of benzene rings is 2. The summed E-state index contributed by atoms with van der Waals surface area (Å²) in [7, 11) is 0. The van der Waals surface area contributed by atoms with Crippen LogP contribution in [0.3, 0.4) is 0 Å². The maximum absolute atomic E-state index is 13.0. The zero-order chi connectivity index (χ0) is 19.5. The normalized spacial score (nSPS) is 22.6. The van der Waals surface area contributed by atoms with Crippen LogP contribution in [-0.2, 0) is 9.53 Å². The smallest absolute Gasteiger partial charge is 0.314 e. The van der Waals surface area contributed by atoms with Gasteiger partial charge < -0.3 is 4.74 Å². The van der Waals surface area contributed by atoms with Gasteiger partial charge in [0.2, 0.25) is 0 Å². The lowest BCUT2D eigenvalue weighted by Crippen LogP contribution is -2.39. The second-order valence-corrected chi connectivity index (χ2v) is 10.1. The maximum atomic E-state index is 13.0. The molecule has 0 spiro atoms. The van der Waals surface area contributed by atoms with Crippen molar-refractivity contribution in [2.75, 3.05) is 18.1 Å². The summed E-state index contributed by atoms with van der Waals surface area (Å²) in [5, 5.41) is 0.727. The fourth-order valence-electron chi connectivity index (χ4n) is 4.03. The predicted octanol–water partition coefficient (Wildman–Crippen LogP) is 6.27. The van der Waals surface area contributed by atoms with Gasteiger partial charge in [0.1, 0.15) is 0 Å². The number of esters is 1. The zero-order valence-corrected chi connectivity index (χ0v) is 18.2. The molecule has 1 aliphatic heterocycles. The van der Waals surface area contributed by atoms with Gasteiger partial charge in [-0.3, -0.25) is 4.79 Å². The molecule has 0 bridgehead atoms. The fraction of sp³-hybridized carbons (Fsp3) is 0.348. The summed E-state index contributed by atoms with van der Waals surface area (Å²) in [6, 6.07) is 18.3. The van der Waals surface area contributed by atoms with E-state index in [0.717, 1.165) is 22.1 Å². The molecule has 1 heterocycles. The fourth-order valence-corrected chi connectivity index (χ4v) is 7.26. The Morgan fingerprint density at radius 2 is 1.75 bits per heavy atom. The third-order valence-electron chi connectivity index (χ3n) is 5.23. The van der Waals surface area contributed by atoms with E-state index < -0.39 is 0 Å². The Morgan fingerprint density at radius 1 is 1.07 bits per heavy atom. The van der Waals surface area contributed by atoms with E-state index in [1.807, 2.05) is 60.8 Å². The molecule has 2 nitrogen and oxygen atoms in total. The molecule has 0 N–H and O–H groups in total. The van der Waals surface area contributed by atoms with Gasteiger partial charge in [-0.1, -0.05) is 54.1 Å². The summed E-state index contributed by atoms with van der Waals surface area (Å²) in [6.45, 7) is 2.28. The van der Waals surface area contributed by atoms with Crippen LogP contribution in [0.2, 0.25) is 5.02 Å². The minimum absolute atomic E-state index is 0.0274. The van der Waals surface area contributed by atoms with Gasteiger partial charge in [-0.15, -0.1) is 23.5 Å². The molecule has 0 unspecified atom stereocenters. The number of hydrogen-bond acceptors (Lipinski definition) is 4. The van der Waals surface area contributed by atoms with Crippen LogP contribution in [0.15, 0.2) is 60.2 Å². The van der Waals surface area contributed by atoms with Crippen molar-refractivity contribution in [2.45, 2.75) is 23.8 Å². The molecule has 146 valence electrons. The summed E-state index contributed by atoms with van der Waals surface area (Å²) >= 11 is 10.1. The topological polar surface area (TPSA) is 26.3 Å². The number of halogens is 1. The number of allylic oxidation sites excluding steroid dienone is 1. The average Bonchev–Trinajstić information content (AvgIpc) is 2.71. The summed E-state index contributed by atoms with van der Waals surface area (Å²) < 4.78 is 5.82. The van der Waals surface area contributed by atoms with Gasteiger partial charge >= 0.3 is 5.97 Å². The Hall–Kier alpha value is -1.36.